The van der Waals surface area contributed by atoms with Gasteiger partial charge >= 0.3 is 0 Å². The smallest absolute Gasteiger partial charge is 0.200 e. The standard InChI is InChI=1S/C31H46F2O/c1-3-4-5-6-23-8-12-25(13-9-23)27-16-18-28(19-17-27)26-14-10-24(11-15-26)21-34-29-20-7-22(2)30(32)31(29)33/h7,16,18,20,23-28H,3-6,8-15,17,19,21H2,1-2H3. The Morgan fingerprint density at radius 2 is 1.32 bits per heavy atom. The number of hydrogen-bond donors (Lipinski definition) is 0. The Hall–Kier alpha value is -1.38. The van der Waals surface area contributed by atoms with Crippen LogP contribution in [0.2, 0.25) is 0 Å². The summed E-state index contributed by atoms with van der Waals surface area (Å²) in [4.78, 5) is 0. The van der Waals surface area contributed by atoms with Gasteiger partial charge in [-0.25, -0.2) is 4.39 Å². The van der Waals surface area contributed by atoms with Crippen molar-refractivity contribution in [3.8, 4) is 5.75 Å². The minimum absolute atomic E-state index is 0.0569. The van der Waals surface area contributed by atoms with Crippen molar-refractivity contribution in [3.63, 3.8) is 0 Å². The first-order valence-electron chi connectivity index (χ1n) is 14.3. The molecule has 2 unspecified atom stereocenters. The molecular formula is C31H46F2O. The summed E-state index contributed by atoms with van der Waals surface area (Å²) in [6.45, 7) is 4.37. The van der Waals surface area contributed by atoms with E-state index in [2.05, 4.69) is 19.1 Å². The third-order valence-corrected chi connectivity index (χ3v) is 9.36. The van der Waals surface area contributed by atoms with Gasteiger partial charge in [-0.15, -0.1) is 0 Å². The maximum absolute atomic E-state index is 14.1. The number of ether oxygens (including phenoxy) is 1. The molecule has 3 aliphatic rings. The van der Waals surface area contributed by atoms with E-state index < -0.39 is 11.6 Å². The number of unbranched alkanes of at least 4 members (excludes halogenated alkanes) is 2. The van der Waals surface area contributed by atoms with E-state index in [1.807, 2.05) is 0 Å². The van der Waals surface area contributed by atoms with Crippen LogP contribution in [0.4, 0.5) is 8.78 Å². The molecule has 190 valence electrons. The van der Waals surface area contributed by atoms with Crippen molar-refractivity contribution < 1.29 is 13.5 Å². The topological polar surface area (TPSA) is 9.23 Å². The van der Waals surface area contributed by atoms with Crippen molar-refractivity contribution in [2.24, 2.45) is 35.5 Å². The summed E-state index contributed by atoms with van der Waals surface area (Å²) in [5.41, 5.74) is 0.322. The van der Waals surface area contributed by atoms with E-state index in [0.29, 0.717) is 18.1 Å². The highest BCUT2D eigenvalue weighted by Gasteiger charge is 2.32. The largest absolute Gasteiger partial charge is 0.490 e. The normalized spacial score (nSPS) is 32.0. The van der Waals surface area contributed by atoms with Crippen molar-refractivity contribution in [2.75, 3.05) is 6.61 Å². The second-order valence-corrected chi connectivity index (χ2v) is 11.7. The zero-order chi connectivity index (χ0) is 23.9. The summed E-state index contributed by atoms with van der Waals surface area (Å²) in [7, 11) is 0. The summed E-state index contributed by atoms with van der Waals surface area (Å²) in [6, 6.07) is 3.15. The lowest BCUT2D eigenvalue weighted by Crippen LogP contribution is -2.28. The predicted octanol–water partition coefficient (Wildman–Crippen LogP) is 9.43. The molecule has 0 amide bonds. The zero-order valence-electron chi connectivity index (χ0n) is 21.5. The molecule has 3 heteroatoms. The Kier molecular flexibility index (Phi) is 9.48. The number of allylic oxidation sites excluding steroid dienone is 2. The molecule has 0 aromatic heterocycles. The monoisotopic (exact) mass is 472 g/mol. The summed E-state index contributed by atoms with van der Waals surface area (Å²) < 4.78 is 33.5. The first-order chi connectivity index (χ1) is 16.5. The molecule has 1 nitrogen and oxygen atoms in total. The molecule has 0 bridgehead atoms. The van der Waals surface area contributed by atoms with Gasteiger partial charge < -0.3 is 4.74 Å². The van der Waals surface area contributed by atoms with Gasteiger partial charge in [0.2, 0.25) is 5.82 Å². The third kappa shape index (κ3) is 6.64. The highest BCUT2D eigenvalue weighted by molar-refractivity contribution is 5.30. The number of hydrogen-bond acceptors (Lipinski definition) is 1. The molecule has 0 saturated heterocycles. The molecule has 3 aliphatic carbocycles. The average molecular weight is 473 g/mol. The van der Waals surface area contributed by atoms with Gasteiger partial charge in [-0.1, -0.05) is 63.7 Å². The van der Waals surface area contributed by atoms with E-state index in [1.54, 1.807) is 19.1 Å². The second kappa shape index (κ2) is 12.5. The van der Waals surface area contributed by atoms with Crippen molar-refractivity contribution in [1.82, 2.24) is 0 Å². The fraction of sp³-hybridized carbons (Fsp3) is 0.742. The molecule has 2 saturated carbocycles. The van der Waals surface area contributed by atoms with Gasteiger partial charge in [0.15, 0.2) is 11.6 Å². The van der Waals surface area contributed by atoms with Crippen LogP contribution in [0.5, 0.6) is 5.75 Å². The van der Waals surface area contributed by atoms with Crippen LogP contribution in [0.1, 0.15) is 102 Å². The molecule has 1 aromatic rings. The van der Waals surface area contributed by atoms with Crippen LogP contribution in [0.3, 0.4) is 0 Å². The number of halogens is 2. The molecule has 2 fully saturated rings. The van der Waals surface area contributed by atoms with Crippen LogP contribution in [-0.2, 0) is 0 Å². The Labute approximate surface area is 206 Å². The molecule has 0 heterocycles. The van der Waals surface area contributed by atoms with Gasteiger partial charge in [0.25, 0.3) is 0 Å². The van der Waals surface area contributed by atoms with Gasteiger partial charge in [0, 0.05) is 0 Å². The summed E-state index contributed by atoms with van der Waals surface area (Å²) in [5.74, 6) is 3.16. The summed E-state index contributed by atoms with van der Waals surface area (Å²) >= 11 is 0. The van der Waals surface area contributed by atoms with Crippen molar-refractivity contribution in [1.29, 1.82) is 0 Å². The average Bonchev–Trinajstić information content (AvgIpc) is 2.88. The fourth-order valence-corrected chi connectivity index (χ4v) is 6.97. The second-order valence-electron chi connectivity index (χ2n) is 11.7. The van der Waals surface area contributed by atoms with E-state index in [4.69, 9.17) is 4.74 Å². The lowest BCUT2D eigenvalue weighted by molar-refractivity contribution is 0.148. The first kappa shape index (κ1) is 25.7. The molecule has 0 N–H and O–H groups in total. The zero-order valence-corrected chi connectivity index (χ0v) is 21.5. The SMILES string of the molecule is CCCCCC1CCC(C2C=CC(C3CCC(COc4ccc(C)c(F)c4F)CC3)CC2)CC1. The molecule has 2 atom stereocenters. The van der Waals surface area contributed by atoms with E-state index in [1.165, 1.54) is 77.0 Å². The van der Waals surface area contributed by atoms with E-state index in [0.717, 1.165) is 42.4 Å². The molecule has 1 aromatic carbocycles. The van der Waals surface area contributed by atoms with Gasteiger partial charge in [-0.05, 0) is 105 Å². The molecule has 0 radical (unpaired) electrons. The minimum atomic E-state index is -0.847. The lowest BCUT2D eigenvalue weighted by Gasteiger charge is -2.38. The third-order valence-electron chi connectivity index (χ3n) is 9.36. The first-order valence-corrected chi connectivity index (χ1v) is 14.3. The van der Waals surface area contributed by atoms with E-state index >= 15 is 0 Å². The van der Waals surface area contributed by atoms with Crippen LogP contribution in [0.25, 0.3) is 0 Å². The maximum atomic E-state index is 14.1. The Balaban J connectivity index is 1.16. The highest BCUT2D eigenvalue weighted by atomic mass is 19.2. The molecule has 34 heavy (non-hydrogen) atoms. The summed E-state index contributed by atoms with van der Waals surface area (Å²) in [5, 5.41) is 0. The van der Waals surface area contributed by atoms with Gasteiger partial charge in [-0.3, -0.25) is 0 Å². The van der Waals surface area contributed by atoms with Crippen LogP contribution < -0.4 is 4.74 Å². The van der Waals surface area contributed by atoms with Crippen molar-refractivity contribution in [3.05, 3.63) is 41.5 Å². The minimum Gasteiger partial charge on any atom is -0.490 e. The Morgan fingerprint density at radius 1 is 0.735 bits per heavy atom. The van der Waals surface area contributed by atoms with Gasteiger partial charge in [-0.2, -0.15) is 4.39 Å². The lowest BCUT2D eigenvalue weighted by atomic mass is 9.68. The maximum Gasteiger partial charge on any atom is 0.200 e. The van der Waals surface area contributed by atoms with E-state index in [-0.39, 0.29) is 5.75 Å². The fourth-order valence-electron chi connectivity index (χ4n) is 6.97. The quantitative estimate of drug-likeness (QED) is 0.257. The van der Waals surface area contributed by atoms with E-state index in [9.17, 15) is 8.78 Å². The van der Waals surface area contributed by atoms with Crippen molar-refractivity contribution in [2.45, 2.75) is 104 Å². The number of benzene rings is 1. The molecule has 0 spiro atoms. The van der Waals surface area contributed by atoms with Crippen LogP contribution in [-0.4, -0.2) is 6.61 Å². The number of rotatable bonds is 9. The van der Waals surface area contributed by atoms with Gasteiger partial charge in [0.05, 0.1) is 6.61 Å². The van der Waals surface area contributed by atoms with Crippen LogP contribution in [0, 0.1) is 54.1 Å². The number of aryl methyl sites for hydroxylation is 1. The Bertz CT molecular complexity index is 787. The highest BCUT2D eigenvalue weighted by Crippen LogP contribution is 2.43. The van der Waals surface area contributed by atoms with Crippen LogP contribution >= 0.6 is 0 Å². The molecule has 4 rings (SSSR count). The van der Waals surface area contributed by atoms with Gasteiger partial charge in [0.1, 0.15) is 0 Å². The Morgan fingerprint density at radius 3 is 1.88 bits per heavy atom. The molecular weight excluding hydrogens is 426 g/mol. The van der Waals surface area contributed by atoms with Crippen LogP contribution in [0.15, 0.2) is 24.3 Å². The van der Waals surface area contributed by atoms with Crippen molar-refractivity contribution >= 4 is 0 Å². The predicted molar refractivity (Wildman–Crippen MR) is 137 cm³/mol. The summed E-state index contributed by atoms with van der Waals surface area (Å²) in [6.07, 6.45) is 24.1. The molecule has 0 aliphatic heterocycles.